The maximum absolute atomic E-state index is 12.4. The van der Waals surface area contributed by atoms with E-state index >= 15 is 0 Å². The molecule has 8 nitrogen and oxygen atoms in total. The lowest BCUT2D eigenvalue weighted by atomic mass is 10.1. The van der Waals surface area contributed by atoms with Crippen LogP contribution in [-0.2, 0) is 11.3 Å². The highest BCUT2D eigenvalue weighted by Gasteiger charge is 2.25. The molecule has 1 aliphatic heterocycles. The number of likely N-dealkylation sites (tertiary alicyclic amines) is 1. The van der Waals surface area contributed by atoms with E-state index < -0.39 is 4.92 Å². The van der Waals surface area contributed by atoms with Gasteiger partial charge in [-0.2, -0.15) is 4.68 Å². The zero-order chi connectivity index (χ0) is 18.7. The molecule has 2 aromatic rings. The van der Waals surface area contributed by atoms with E-state index in [2.05, 4.69) is 5.10 Å². The number of hydrogen-bond donors (Lipinski definition) is 0. The van der Waals surface area contributed by atoms with Crippen molar-refractivity contribution in [3.63, 3.8) is 0 Å². The van der Waals surface area contributed by atoms with E-state index in [1.54, 1.807) is 4.90 Å². The third kappa shape index (κ3) is 4.01. The van der Waals surface area contributed by atoms with Crippen LogP contribution in [0.5, 0.6) is 5.75 Å². The van der Waals surface area contributed by atoms with Gasteiger partial charge in [-0.15, -0.1) is 0 Å². The van der Waals surface area contributed by atoms with Crippen LogP contribution in [0.15, 0.2) is 30.5 Å². The van der Waals surface area contributed by atoms with Gasteiger partial charge in [-0.1, -0.05) is 18.2 Å². The average Bonchev–Trinajstić information content (AvgIpc) is 3.07. The first kappa shape index (κ1) is 17.9. The summed E-state index contributed by atoms with van der Waals surface area (Å²) in [5.41, 5.74) is 2.23. The largest absolute Gasteiger partial charge is 0.490 e. The first-order valence-corrected chi connectivity index (χ1v) is 8.62. The Bertz CT molecular complexity index is 789. The summed E-state index contributed by atoms with van der Waals surface area (Å²) in [5, 5.41) is 14.4. The monoisotopic (exact) mass is 358 g/mol. The number of carbonyl (C=O) groups is 1. The van der Waals surface area contributed by atoms with E-state index in [9.17, 15) is 14.9 Å². The highest BCUT2D eigenvalue weighted by atomic mass is 16.6. The molecule has 3 rings (SSSR count). The number of hydrogen-bond acceptors (Lipinski definition) is 5. The van der Waals surface area contributed by atoms with Gasteiger partial charge in [0.25, 0.3) is 0 Å². The molecular weight excluding hydrogens is 336 g/mol. The summed E-state index contributed by atoms with van der Waals surface area (Å²) in [7, 11) is 0. The van der Waals surface area contributed by atoms with Crippen LogP contribution in [0.1, 0.15) is 24.0 Å². The van der Waals surface area contributed by atoms with Crippen molar-refractivity contribution >= 4 is 11.7 Å². The Morgan fingerprint density at radius 1 is 1.27 bits per heavy atom. The van der Waals surface area contributed by atoms with Crippen LogP contribution < -0.4 is 4.74 Å². The fraction of sp³-hybridized carbons (Fsp3) is 0.444. The van der Waals surface area contributed by atoms with Gasteiger partial charge in [-0.05, 0) is 29.9 Å². The summed E-state index contributed by atoms with van der Waals surface area (Å²) in [5.74, 6) is 0.591. The molecule has 0 spiro atoms. The second-order valence-electron chi connectivity index (χ2n) is 6.55. The molecule has 0 saturated carbocycles. The normalized spacial score (nSPS) is 15.1. The average molecular weight is 358 g/mol. The Hall–Kier alpha value is -2.90. The van der Waals surface area contributed by atoms with Crippen LogP contribution in [0.25, 0.3) is 0 Å². The van der Waals surface area contributed by atoms with Crippen molar-refractivity contribution < 1.29 is 14.5 Å². The molecule has 1 fully saturated rings. The molecule has 8 heteroatoms. The molecule has 2 heterocycles. The van der Waals surface area contributed by atoms with Gasteiger partial charge in [0.15, 0.2) is 0 Å². The highest BCUT2D eigenvalue weighted by molar-refractivity contribution is 5.76. The molecule has 0 aliphatic carbocycles. The number of para-hydroxylation sites is 1. The summed E-state index contributed by atoms with van der Waals surface area (Å²) in [6, 6.07) is 7.37. The van der Waals surface area contributed by atoms with Crippen LogP contribution >= 0.6 is 0 Å². The van der Waals surface area contributed by atoms with E-state index in [4.69, 9.17) is 4.74 Å². The maximum atomic E-state index is 12.4. The number of ether oxygens (including phenoxy) is 1. The number of aryl methyl sites for hydroxylation is 2. The summed E-state index contributed by atoms with van der Waals surface area (Å²) in [6.07, 6.45) is 3.06. The number of nitrogens with zero attached hydrogens (tertiary/aromatic N) is 4. The zero-order valence-corrected chi connectivity index (χ0v) is 14.9. The fourth-order valence-electron chi connectivity index (χ4n) is 3.15. The van der Waals surface area contributed by atoms with Gasteiger partial charge in [0.1, 0.15) is 18.4 Å². The maximum Gasteiger partial charge on any atom is 0.389 e. The smallest absolute Gasteiger partial charge is 0.389 e. The van der Waals surface area contributed by atoms with Gasteiger partial charge in [-0.25, -0.2) is 0 Å². The van der Waals surface area contributed by atoms with Crippen molar-refractivity contribution in [1.82, 2.24) is 14.7 Å². The fourth-order valence-corrected chi connectivity index (χ4v) is 3.15. The molecule has 1 aromatic heterocycles. The van der Waals surface area contributed by atoms with Gasteiger partial charge in [-0.3, -0.25) is 4.79 Å². The van der Waals surface area contributed by atoms with Crippen molar-refractivity contribution in [2.24, 2.45) is 0 Å². The number of nitro groups is 1. The van der Waals surface area contributed by atoms with Crippen LogP contribution in [0, 0.1) is 24.0 Å². The Balaban J connectivity index is 1.53. The van der Waals surface area contributed by atoms with E-state index in [0.717, 1.165) is 29.7 Å². The second-order valence-corrected chi connectivity index (χ2v) is 6.55. The van der Waals surface area contributed by atoms with Crippen LogP contribution in [-0.4, -0.2) is 44.7 Å². The minimum absolute atomic E-state index is 0.0102. The number of rotatable bonds is 5. The zero-order valence-electron chi connectivity index (χ0n) is 14.9. The molecule has 0 radical (unpaired) electrons. The van der Waals surface area contributed by atoms with Gasteiger partial charge in [0.2, 0.25) is 5.91 Å². The number of carbonyl (C=O) groups excluding carboxylic acids is 1. The van der Waals surface area contributed by atoms with Gasteiger partial charge < -0.3 is 19.8 Å². The van der Waals surface area contributed by atoms with Crippen molar-refractivity contribution in [3.05, 3.63) is 51.7 Å². The Kier molecular flexibility index (Phi) is 5.20. The van der Waals surface area contributed by atoms with Crippen molar-refractivity contribution in [3.8, 4) is 5.75 Å². The molecule has 1 amide bonds. The Labute approximate surface area is 151 Å². The van der Waals surface area contributed by atoms with E-state index in [1.807, 2.05) is 32.0 Å². The molecule has 0 N–H and O–H groups in total. The number of amides is 1. The summed E-state index contributed by atoms with van der Waals surface area (Å²) >= 11 is 0. The quantitative estimate of drug-likeness (QED) is 0.605. The predicted octanol–water partition coefficient (Wildman–Crippen LogP) is 2.48. The van der Waals surface area contributed by atoms with Crippen molar-refractivity contribution in [2.45, 2.75) is 39.3 Å². The Morgan fingerprint density at radius 2 is 1.92 bits per heavy atom. The second kappa shape index (κ2) is 7.55. The van der Waals surface area contributed by atoms with Crippen LogP contribution in [0.3, 0.4) is 0 Å². The molecule has 0 atom stereocenters. The van der Waals surface area contributed by atoms with Gasteiger partial charge in [0.05, 0.1) is 17.4 Å². The van der Waals surface area contributed by atoms with Gasteiger partial charge in [0, 0.05) is 25.9 Å². The summed E-state index contributed by atoms with van der Waals surface area (Å²) in [6.45, 7) is 5.29. The minimum atomic E-state index is -0.572. The topological polar surface area (TPSA) is 90.5 Å². The minimum Gasteiger partial charge on any atom is -0.490 e. The SMILES string of the molecule is Cc1cccc(C)c1OC1CCN(C(=O)Cn2ccc([N+](=O)[O-])n2)CC1. The standard InChI is InChI=1S/C18H22N4O4/c1-13-4-3-5-14(2)18(13)26-15-6-9-20(10-7-15)17(23)12-21-11-8-16(19-21)22(24)25/h3-5,8,11,15H,6-7,9-10,12H2,1-2H3. The first-order valence-electron chi connectivity index (χ1n) is 8.62. The van der Waals surface area contributed by atoms with Crippen LogP contribution in [0.2, 0.25) is 0 Å². The van der Waals surface area contributed by atoms with E-state index in [1.165, 1.54) is 16.9 Å². The summed E-state index contributed by atoms with van der Waals surface area (Å²) in [4.78, 5) is 24.2. The molecule has 1 aromatic carbocycles. The number of aromatic nitrogens is 2. The molecular formula is C18H22N4O4. The highest BCUT2D eigenvalue weighted by Crippen LogP contribution is 2.26. The molecule has 1 saturated heterocycles. The molecule has 1 aliphatic rings. The molecule has 0 bridgehead atoms. The number of piperidine rings is 1. The molecule has 138 valence electrons. The lowest BCUT2D eigenvalue weighted by Gasteiger charge is -2.32. The lowest BCUT2D eigenvalue weighted by Crippen LogP contribution is -2.43. The summed E-state index contributed by atoms with van der Waals surface area (Å²) < 4.78 is 7.47. The Morgan fingerprint density at radius 3 is 2.50 bits per heavy atom. The van der Waals surface area contributed by atoms with E-state index in [0.29, 0.717) is 13.1 Å². The van der Waals surface area contributed by atoms with Gasteiger partial charge >= 0.3 is 5.82 Å². The lowest BCUT2D eigenvalue weighted by molar-refractivity contribution is -0.389. The third-order valence-electron chi connectivity index (χ3n) is 4.60. The van der Waals surface area contributed by atoms with Crippen molar-refractivity contribution in [1.29, 1.82) is 0 Å². The van der Waals surface area contributed by atoms with Crippen LogP contribution in [0.4, 0.5) is 5.82 Å². The predicted molar refractivity (Wildman–Crippen MR) is 95.0 cm³/mol. The third-order valence-corrected chi connectivity index (χ3v) is 4.60. The number of benzene rings is 1. The molecule has 0 unspecified atom stereocenters. The van der Waals surface area contributed by atoms with Crippen molar-refractivity contribution in [2.75, 3.05) is 13.1 Å². The first-order chi connectivity index (χ1) is 12.4. The van der Waals surface area contributed by atoms with E-state index in [-0.39, 0.29) is 24.4 Å². The molecule has 26 heavy (non-hydrogen) atoms.